The number of aryl methyl sites for hydroxylation is 1. The summed E-state index contributed by atoms with van der Waals surface area (Å²) in [5.74, 6) is -1.12. The van der Waals surface area contributed by atoms with Crippen molar-refractivity contribution in [1.29, 1.82) is 0 Å². The molecule has 0 aromatic heterocycles. The Balaban J connectivity index is 2.23. The van der Waals surface area contributed by atoms with Gasteiger partial charge in [0.1, 0.15) is 6.04 Å². The zero-order valence-electron chi connectivity index (χ0n) is 12.0. The molecule has 0 heterocycles. The van der Waals surface area contributed by atoms with Crippen molar-refractivity contribution in [2.45, 2.75) is 51.0 Å². The Bertz CT molecular complexity index is 520. The summed E-state index contributed by atoms with van der Waals surface area (Å²) in [7, 11) is 0. The van der Waals surface area contributed by atoms with Crippen LogP contribution in [0.25, 0.3) is 0 Å². The zero-order chi connectivity index (χ0) is 14.8. The van der Waals surface area contributed by atoms with Crippen LogP contribution >= 0.6 is 0 Å². The first-order valence-electron chi connectivity index (χ1n) is 7.10. The summed E-state index contributed by atoms with van der Waals surface area (Å²) >= 11 is 0. The number of hydrogen-bond acceptors (Lipinski definition) is 2. The van der Waals surface area contributed by atoms with E-state index in [1.807, 2.05) is 31.2 Å². The van der Waals surface area contributed by atoms with Crippen LogP contribution in [0, 0.1) is 6.92 Å². The van der Waals surface area contributed by atoms with Gasteiger partial charge in [-0.2, -0.15) is 0 Å². The normalized spacial score (nSPS) is 17.9. The number of benzene rings is 1. The Kier molecular flexibility index (Phi) is 4.12. The highest BCUT2D eigenvalue weighted by Gasteiger charge is 2.46. The number of amides is 1. The van der Waals surface area contributed by atoms with E-state index in [2.05, 4.69) is 5.32 Å². The highest BCUT2D eigenvalue weighted by Crippen LogP contribution is 2.44. The largest absolute Gasteiger partial charge is 0.480 e. The second kappa shape index (κ2) is 5.65. The predicted octanol–water partition coefficient (Wildman–Crippen LogP) is 2.40. The van der Waals surface area contributed by atoms with Crippen molar-refractivity contribution in [3.05, 3.63) is 35.4 Å². The number of rotatable bonds is 5. The number of aliphatic carboxylic acids is 1. The maximum atomic E-state index is 12.6. The average Bonchev–Trinajstić information content (AvgIpc) is 2.34. The third kappa shape index (κ3) is 2.55. The summed E-state index contributed by atoms with van der Waals surface area (Å²) in [5, 5.41) is 11.8. The summed E-state index contributed by atoms with van der Waals surface area (Å²) < 4.78 is 0. The summed E-state index contributed by atoms with van der Waals surface area (Å²) in [6.45, 7) is 3.76. The van der Waals surface area contributed by atoms with Crippen LogP contribution in [0.1, 0.15) is 43.7 Å². The van der Waals surface area contributed by atoms with E-state index in [0.29, 0.717) is 6.42 Å². The average molecular weight is 275 g/mol. The minimum absolute atomic E-state index is 0.149. The van der Waals surface area contributed by atoms with Crippen molar-refractivity contribution < 1.29 is 14.7 Å². The van der Waals surface area contributed by atoms with Crippen LogP contribution in [0.4, 0.5) is 0 Å². The first-order chi connectivity index (χ1) is 9.49. The van der Waals surface area contributed by atoms with E-state index in [-0.39, 0.29) is 5.91 Å². The van der Waals surface area contributed by atoms with E-state index in [0.717, 1.165) is 30.4 Å². The van der Waals surface area contributed by atoms with E-state index in [1.54, 1.807) is 6.92 Å². The van der Waals surface area contributed by atoms with Gasteiger partial charge >= 0.3 is 5.97 Å². The monoisotopic (exact) mass is 275 g/mol. The highest BCUT2D eigenvalue weighted by molar-refractivity contribution is 5.92. The van der Waals surface area contributed by atoms with Crippen molar-refractivity contribution in [2.24, 2.45) is 0 Å². The van der Waals surface area contributed by atoms with Gasteiger partial charge in [0.15, 0.2) is 0 Å². The Morgan fingerprint density at radius 2 is 2.10 bits per heavy atom. The third-order valence-electron chi connectivity index (χ3n) is 4.22. The second-order valence-corrected chi connectivity index (χ2v) is 5.58. The molecule has 0 saturated heterocycles. The number of carbonyl (C=O) groups is 2. The molecule has 1 fully saturated rings. The fourth-order valence-corrected chi connectivity index (χ4v) is 2.75. The smallest absolute Gasteiger partial charge is 0.326 e. The molecule has 4 nitrogen and oxygen atoms in total. The molecule has 1 aromatic carbocycles. The van der Waals surface area contributed by atoms with Gasteiger partial charge in [-0.3, -0.25) is 4.79 Å². The lowest BCUT2D eigenvalue weighted by molar-refractivity contribution is -0.143. The first-order valence-corrected chi connectivity index (χ1v) is 7.10. The van der Waals surface area contributed by atoms with Gasteiger partial charge in [0.05, 0.1) is 5.41 Å². The van der Waals surface area contributed by atoms with Gasteiger partial charge in [-0.25, -0.2) is 4.79 Å². The molecule has 1 unspecified atom stereocenters. The Hall–Kier alpha value is -1.84. The number of hydrogen-bond donors (Lipinski definition) is 2. The number of carbonyl (C=O) groups excluding carboxylic acids is 1. The Morgan fingerprint density at radius 3 is 2.55 bits per heavy atom. The van der Waals surface area contributed by atoms with E-state index >= 15 is 0 Å². The second-order valence-electron chi connectivity index (χ2n) is 5.58. The SMILES string of the molecule is CCC(NC(=O)C1(c2cccc(C)c2)CCC1)C(=O)O. The quantitative estimate of drug-likeness (QED) is 0.867. The summed E-state index contributed by atoms with van der Waals surface area (Å²) in [6.07, 6.45) is 2.98. The fraction of sp³-hybridized carbons (Fsp3) is 0.500. The maximum Gasteiger partial charge on any atom is 0.326 e. The molecule has 0 spiro atoms. The molecule has 2 N–H and O–H groups in total. The van der Waals surface area contributed by atoms with E-state index in [4.69, 9.17) is 5.11 Å². The molecule has 1 saturated carbocycles. The van der Waals surface area contributed by atoms with Gasteiger partial charge < -0.3 is 10.4 Å². The fourth-order valence-electron chi connectivity index (χ4n) is 2.75. The molecule has 0 aliphatic heterocycles. The van der Waals surface area contributed by atoms with E-state index in [9.17, 15) is 9.59 Å². The zero-order valence-corrected chi connectivity index (χ0v) is 12.0. The van der Waals surface area contributed by atoms with Gasteiger partial charge in [-0.15, -0.1) is 0 Å². The molecule has 108 valence electrons. The van der Waals surface area contributed by atoms with Crippen molar-refractivity contribution in [3.8, 4) is 0 Å². The van der Waals surface area contributed by atoms with Crippen LogP contribution in [0.2, 0.25) is 0 Å². The van der Waals surface area contributed by atoms with E-state index < -0.39 is 17.4 Å². The maximum absolute atomic E-state index is 12.6. The van der Waals surface area contributed by atoms with Crippen LogP contribution in [0.5, 0.6) is 0 Å². The van der Waals surface area contributed by atoms with Crippen molar-refractivity contribution in [2.75, 3.05) is 0 Å². The molecule has 1 amide bonds. The molecule has 1 atom stereocenters. The van der Waals surface area contributed by atoms with Crippen molar-refractivity contribution in [3.63, 3.8) is 0 Å². The van der Waals surface area contributed by atoms with Gasteiger partial charge in [0, 0.05) is 0 Å². The van der Waals surface area contributed by atoms with Crippen LogP contribution in [-0.4, -0.2) is 23.0 Å². The molecule has 0 bridgehead atoms. The minimum atomic E-state index is -0.973. The van der Waals surface area contributed by atoms with Gasteiger partial charge in [-0.05, 0) is 31.7 Å². The number of nitrogens with one attached hydrogen (secondary N) is 1. The van der Waals surface area contributed by atoms with Crippen LogP contribution in [-0.2, 0) is 15.0 Å². The standard InChI is InChI=1S/C16H21NO3/c1-3-13(14(18)19)17-15(20)16(8-5-9-16)12-7-4-6-11(2)10-12/h4,6-7,10,13H,3,5,8-9H2,1-2H3,(H,17,20)(H,18,19). The number of carboxylic acid groups (broad SMARTS) is 1. The van der Waals surface area contributed by atoms with Crippen LogP contribution in [0.3, 0.4) is 0 Å². The van der Waals surface area contributed by atoms with Gasteiger partial charge in [0.25, 0.3) is 0 Å². The van der Waals surface area contributed by atoms with Gasteiger partial charge in [-0.1, -0.05) is 43.2 Å². The molecule has 0 radical (unpaired) electrons. The first kappa shape index (κ1) is 14.6. The molecule has 1 aromatic rings. The summed E-state index contributed by atoms with van der Waals surface area (Å²) in [4.78, 5) is 23.6. The molecule has 20 heavy (non-hydrogen) atoms. The molecule has 2 rings (SSSR count). The lowest BCUT2D eigenvalue weighted by Crippen LogP contribution is -2.53. The minimum Gasteiger partial charge on any atom is -0.480 e. The molecule has 4 heteroatoms. The van der Waals surface area contributed by atoms with E-state index in [1.165, 1.54) is 0 Å². The summed E-state index contributed by atoms with van der Waals surface area (Å²) in [5.41, 5.74) is 1.59. The van der Waals surface area contributed by atoms with Crippen LogP contribution in [0.15, 0.2) is 24.3 Å². The molecular formula is C16H21NO3. The Morgan fingerprint density at radius 1 is 1.40 bits per heavy atom. The lowest BCUT2D eigenvalue weighted by atomic mass is 9.63. The summed E-state index contributed by atoms with van der Waals surface area (Å²) in [6, 6.07) is 7.14. The Labute approximate surface area is 119 Å². The molecule has 1 aliphatic rings. The molecular weight excluding hydrogens is 254 g/mol. The predicted molar refractivity (Wildman–Crippen MR) is 76.6 cm³/mol. The van der Waals surface area contributed by atoms with Crippen molar-refractivity contribution in [1.82, 2.24) is 5.32 Å². The molecule has 1 aliphatic carbocycles. The topological polar surface area (TPSA) is 66.4 Å². The number of carboxylic acids is 1. The van der Waals surface area contributed by atoms with Crippen molar-refractivity contribution >= 4 is 11.9 Å². The highest BCUT2D eigenvalue weighted by atomic mass is 16.4. The third-order valence-corrected chi connectivity index (χ3v) is 4.22. The van der Waals surface area contributed by atoms with Crippen LogP contribution < -0.4 is 5.32 Å². The lowest BCUT2D eigenvalue weighted by Gasteiger charge is -2.41. The van der Waals surface area contributed by atoms with Gasteiger partial charge in [0.2, 0.25) is 5.91 Å².